The summed E-state index contributed by atoms with van der Waals surface area (Å²) in [5.74, 6) is 0.897. The van der Waals surface area contributed by atoms with Gasteiger partial charge in [0.25, 0.3) is 5.91 Å². The molecule has 0 unspecified atom stereocenters. The van der Waals surface area contributed by atoms with Crippen LogP contribution in [0.3, 0.4) is 0 Å². The number of H-pyrrole nitrogens is 1. The van der Waals surface area contributed by atoms with Gasteiger partial charge in [0.15, 0.2) is 5.82 Å². The van der Waals surface area contributed by atoms with E-state index in [0.717, 1.165) is 44.6 Å². The van der Waals surface area contributed by atoms with Crippen LogP contribution in [0, 0.1) is 0 Å². The molecule has 126 valence electrons. The van der Waals surface area contributed by atoms with Crippen molar-refractivity contribution in [2.45, 2.75) is 44.6 Å². The summed E-state index contributed by atoms with van der Waals surface area (Å²) in [5, 5.41) is 18.4. The lowest BCUT2D eigenvalue weighted by molar-refractivity contribution is 0.0926. The van der Waals surface area contributed by atoms with Gasteiger partial charge in [-0.1, -0.05) is 0 Å². The van der Waals surface area contributed by atoms with Gasteiger partial charge in [0.1, 0.15) is 5.69 Å². The second-order valence-electron chi connectivity index (χ2n) is 6.59. The number of hydrogen-bond acceptors (Lipinski definition) is 5. The lowest BCUT2D eigenvalue weighted by atomic mass is 9.96. The molecule has 7 nitrogen and oxygen atoms in total. The topological polar surface area (TPSA) is 86.8 Å². The molecule has 2 N–H and O–H groups in total. The normalized spacial score (nSPS) is 18.2. The summed E-state index contributed by atoms with van der Waals surface area (Å²) < 4.78 is 0. The van der Waals surface area contributed by atoms with Crippen LogP contribution in [0.5, 0.6) is 0 Å². The number of anilines is 1. The average Bonchev–Trinajstić information content (AvgIpc) is 3.17. The Bertz CT molecular complexity index is 706. The fraction of sp³-hybridized carbons (Fsp3) is 0.529. The van der Waals surface area contributed by atoms with Gasteiger partial charge in [0.05, 0.1) is 5.69 Å². The minimum absolute atomic E-state index is 0.0838. The number of aryl methyl sites for hydroxylation is 2. The van der Waals surface area contributed by atoms with E-state index in [0.29, 0.717) is 5.69 Å². The number of carbonyl (C=O) groups excluding carboxylic acids is 1. The number of nitrogens with one attached hydrogen (secondary N) is 2. The standard InChI is InChI=1S/C17H22N6O/c24-17(15-5-8-18-20-15)19-13-6-9-23(10-7-13)16-11-12-3-1-2-4-14(12)21-22-16/h5,8,11,13H,1-4,6-7,9-10H2,(H,18,20)(H,19,24). The Hall–Kier alpha value is -2.44. The molecule has 1 amide bonds. The third-order valence-corrected chi connectivity index (χ3v) is 4.96. The first-order chi connectivity index (χ1) is 11.8. The summed E-state index contributed by atoms with van der Waals surface area (Å²) >= 11 is 0. The van der Waals surface area contributed by atoms with Crippen molar-refractivity contribution in [2.24, 2.45) is 0 Å². The number of piperidine rings is 1. The number of rotatable bonds is 3. The van der Waals surface area contributed by atoms with Crippen molar-refractivity contribution in [2.75, 3.05) is 18.0 Å². The van der Waals surface area contributed by atoms with E-state index in [4.69, 9.17) is 0 Å². The van der Waals surface area contributed by atoms with Gasteiger partial charge in [0.2, 0.25) is 0 Å². The number of aromatic nitrogens is 4. The van der Waals surface area contributed by atoms with Crippen LogP contribution in [0.25, 0.3) is 0 Å². The molecule has 0 aromatic carbocycles. The van der Waals surface area contributed by atoms with Crippen LogP contribution in [0.1, 0.15) is 47.4 Å². The van der Waals surface area contributed by atoms with E-state index in [1.807, 2.05) is 0 Å². The Morgan fingerprint density at radius 1 is 1.21 bits per heavy atom. The Labute approximate surface area is 140 Å². The average molecular weight is 326 g/mol. The molecule has 1 aliphatic carbocycles. The maximum absolute atomic E-state index is 12.1. The summed E-state index contributed by atoms with van der Waals surface area (Å²) in [6.07, 6.45) is 8.07. The molecule has 2 aromatic heterocycles. The van der Waals surface area contributed by atoms with Gasteiger partial charge in [0, 0.05) is 25.3 Å². The molecular weight excluding hydrogens is 304 g/mol. The van der Waals surface area contributed by atoms with Gasteiger partial charge in [-0.2, -0.15) is 10.2 Å². The van der Waals surface area contributed by atoms with Crippen molar-refractivity contribution < 1.29 is 4.79 Å². The molecule has 0 spiro atoms. The largest absolute Gasteiger partial charge is 0.355 e. The molecule has 7 heteroatoms. The number of nitrogens with zero attached hydrogens (tertiary/aromatic N) is 4. The Morgan fingerprint density at radius 3 is 2.83 bits per heavy atom. The first-order valence-electron chi connectivity index (χ1n) is 8.70. The molecule has 0 radical (unpaired) electrons. The van der Waals surface area contributed by atoms with Crippen LogP contribution < -0.4 is 10.2 Å². The number of amides is 1. The molecule has 0 bridgehead atoms. The molecule has 0 atom stereocenters. The lowest BCUT2D eigenvalue weighted by Crippen LogP contribution is -2.45. The fourth-order valence-corrected chi connectivity index (χ4v) is 3.53. The van der Waals surface area contributed by atoms with Crippen LogP contribution in [0.2, 0.25) is 0 Å². The van der Waals surface area contributed by atoms with Crippen molar-refractivity contribution in [3.8, 4) is 0 Å². The third kappa shape index (κ3) is 3.11. The monoisotopic (exact) mass is 326 g/mol. The highest BCUT2D eigenvalue weighted by Crippen LogP contribution is 2.24. The molecule has 1 aliphatic heterocycles. The van der Waals surface area contributed by atoms with Gasteiger partial charge in [-0.25, -0.2) is 0 Å². The van der Waals surface area contributed by atoms with Crippen molar-refractivity contribution >= 4 is 11.7 Å². The highest BCUT2D eigenvalue weighted by molar-refractivity contribution is 5.92. The van der Waals surface area contributed by atoms with Crippen LogP contribution in [-0.2, 0) is 12.8 Å². The summed E-state index contributed by atoms with van der Waals surface area (Å²) in [7, 11) is 0. The molecular formula is C17H22N6O. The van der Waals surface area contributed by atoms with Crippen LogP contribution in [-0.4, -0.2) is 45.4 Å². The summed E-state index contributed by atoms with van der Waals surface area (Å²) in [6.45, 7) is 1.78. The lowest BCUT2D eigenvalue weighted by Gasteiger charge is -2.33. The van der Waals surface area contributed by atoms with Crippen LogP contribution in [0.15, 0.2) is 18.3 Å². The Kier molecular flexibility index (Phi) is 4.15. The van der Waals surface area contributed by atoms with Crippen molar-refractivity contribution in [3.05, 3.63) is 35.3 Å². The second kappa shape index (κ2) is 6.59. The first-order valence-corrected chi connectivity index (χ1v) is 8.70. The van der Waals surface area contributed by atoms with E-state index >= 15 is 0 Å². The molecule has 24 heavy (non-hydrogen) atoms. The van der Waals surface area contributed by atoms with Gasteiger partial charge >= 0.3 is 0 Å². The summed E-state index contributed by atoms with van der Waals surface area (Å²) in [4.78, 5) is 14.3. The quantitative estimate of drug-likeness (QED) is 0.892. The van der Waals surface area contributed by atoms with Gasteiger partial charge < -0.3 is 10.2 Å². The van der Waals surface area contributed by atoms with E-state index in [9.17, 15) is 4.79 Å². The zero-order valence-corrected chi connectivity index (χ0v) is 13.7. The SMILES string of the molecule is O=C(NC1CCN(c2cc3c(nn2)CCCC3)CC1)c1ccn[nH]1. The zero-order chi connectivity index (χ0) is 16.4. The molecule has 3 heterocycles. The highest BCUT2D eigenvalue weighted by atomic mass is 16.2. The van der Waals surface area contributed by atoms with Crippen molar-refractivity contribution in [1.82, 2.24) is 25.7 Å². The minimum Gasteiger partial charge on any atom is -0.355 e. The molecule has 2 aliphatic rings. The number of aromatic amines is 1. The van der Waals surface area contributed by atoms with Crippen molar-refractivity contribution in [3.63, 3.8) is 0 Å². The summed E-state index contributed by atoms with van der Waals surface area (Å²) in [6, 6.07) is 4.10. The summed E-state index contributed by atoms with van der Waals surface area (Å²) in [5.41, 5.74) is 3.05. The van der Waals surface area contributed by atoms with Crippen LogP contribution >= 0.6 is 0 Å². The maximum Gasteiger partial charge on any atom is 0.269 e. The molecule has 1 saturated heterocycles. The van der Waals surface area contributed by atoms with E-state index < -0.39 is 0 Å². The highest BCUT2D eigenvalue weighted by Gasteiger charge is 2.23. The number of hydrogen-bond donors (Lipinski definition) is 2. The van der Waals surface area contributed by atoms with Gasteiger partial charge in [-0.05, 0) is 56.2 Å². The van der Waals surface area contributed by atoms with Crippen LogP contribution in [0.4, 0.5) is 5.82 Å². The zero-order valence-electron chi connectivity index (χ0n) is 13.7. The Balaban J connectivity index is 1.35. The maximum atomic E-state index is 12.1. The minimum atomic E-state index is -0.0838. The predicted molar refractivity (Wildman–Crippen MR) is 90.0 cm³/mol. The molecule has 0 saturated carbocycles. The van der Waals surface area contributed by atoms with E-state index in [1.165, 1.54) is 24.1 Å². The van der Waals surface area contributed by atoms with E-state index in [1.54, 1.807) is 12.3 Å². The second-order valence-corrected chi connectivity index (χ2v) is 6.59. The van der Waals surface area contributed by atoms with E-state index in [2.05, 4.69) is 36.7 Å². The molecule has 4 rings (SSSR count). The third-order valence-electron chi connectivity index (χ3n) is 4.96. The first kappa shape index (κ1) is 15.1. The van der Waals surface area contributed by atoms with Gasteiger partial charge in [-0.15, -0.1) is 5.10 Å². The predicted octanol–water partition coefficient (Wildman–Crippen LogP) is 1.48. The molecule has 1 fully saturated rings. The van der Waals surface area contributed by atoms with Crippen molar-refractivity contribution in [1.29, 1.82) is 0 Å². The Morgan fingerprint density at radius 2 is 2.04 bits per heavy atom. The van der Waals surface area contributed by atoms with E-state index in [-0.39, 0.29) is 11.9 Å². The van der Waals surface area contributed by atoms with Gasteiger partial charge in [-0.3, -0.25) is 9.89 Å². The number of fused-ring (bicyclic) bond motifs is 1. The number of carbonyl (C=O) groups is 1. The molecule has 2 aromatic rings. The smallest absolute Gasteiger partial charge is 0.269 e. The fourth-order valence-electron chi connectivity index (χ4n) is 3.53.